The molecular weight excluding hydrogens is 326 g/mol. The standard InChI is InChI=1S/C17H19N3O3S/c1-10-11(2)24-17(18-10)19-16(22)12-8-15(21)20(9-12)13-4-6-14(23-3)7-5-13/h4-7,12H,8-9H2,1-3H3,(H,18,19,22). The Labute approximate surface area is 144 Å². The first-order chi connectivity index (χ1) is 11.5. The number of amides is 2. The Balaban J connectivity index is 1.68. The summed E-state index contributed by atoms with van der Waals surface area (Å²) in [4.78, 5) is 31.7. The smallest absolute Gasteiger partial charge is 0.231 e. The number of aromatic nitrogens is 1. The fourth-order valence-corrected chi connectivity index (χ4v) is 3.45. The number of rotatable bonds is 4. The molecule has 2 heterocycles. The van der Waals surface area contributed by atoms with Crippen LogP contribution in [0.1, 0.15) is 17.0 Å². The van der Waals surface area contributed by atoms with Crippen LogP contribution < -0.4 is 15.0 Å². The summed E-state index contributed by atoms with van der Waals surface area (Å²) >= 11 is 1.45. The Morgan fingerprint density at radius 1 is 1.33 bits per heavy atom. The number of hydrogen-bond acceptors (Lipinski definition) is 5. The third-order valence-electron chi connectivity index (χ3n) is 4.14. The van der Waals surface area contributed by atoms with Crippen LogP contribution in [-0.2, 0) is 9.59 Å². The predicted molar refractivity (Wildman–Crippen MR) is 93.7 cm³/mol. The van der Waals surface area contributed by atoms with E-state index in [9.17, 15) is 9.59 Å². The van der Waals surface area contributed by atoms with E-state index in [1.165, 1.54) is 11.3 Å². The highest BCUT2D eigenvalue weighted by molar-refractivity contribution is 7.15. The summed E-state index contributed by atoms with van der Waals surface area (Å²) in [6.07, 6.45) is 0.210. The zero-order valence-electron chi connectivity index (χ0n) is 13.8. The average molecular weight is 345 g/mol. The van der Waals surface area contributed by atoms with Crippen molar-refractivity contribution in [3.05, 3.63) is 34.8 Å². The third-order valence-corrected chi connectivity index (χ3v) is 5.13. The monoisotopic (exact) mass is 345 g/mol. The first kappa shape index (κ1) is 16.4. The highest BCUT2D eigenvalue weighted by Crippen LogP contribution is 2.28. The van der Waals surface area contributed by atoms with Crippen LogP contribution in [-0.4, -0.2) is 30.5 Å². The number of ether oxygens (including phenoxy) is 1. The number of benzene rings is 1. The molecule has 0 aliphatic carbocycles. The predicted octanol–water partition coefficient (Wildman–Crippen LogP) is 2.76. The van der Waals surface area contributed by atoms with Gasteiger partial charge in [0.15, 0.2) is 5.13 Å². The van der Waals surface area contributed by atoms with Crippen molar-refractivity contribution >= 4 is 34.0 Å². The molecule has 2 amide bonds. The number of methoxy groups -OCH3 is 1. The van der Waals surface area contributed by atoms with Gasteiger partial charge in [-0.3, -0.25) is 9.59 Å². The Bertz CT molecular complexity index is 750. The Morgan fingerprint density at radius 2 is 2.04 bits per heavy atom. The van der Waals surface area contributed by atoms with E-state index in [4.69, 9.17) is 4.74 Å². The van der Waals surface area contributed by atoms with Crippen LogP contribution in [0.2, 0.25) is 0 Å². The van der Waals surface area contributed by atoms with Crippen molar-refractivity contribution in [3.8, 4) is 5.75 Å². The van der Waals surface area contributed by atoms with Gasteiger partial charge < -0.3 is 15.0 Å². The Morgan fingerprint density at radius 3 is 2.62 bits per heavy atom. The molecule has 6 nitrogen and oxygen atoms in total. The molecule has 0 spiro atoms. The van der Waals surface area contributed by atoms with Crippen molar-refractivity contribution < 1.29 is 14.3 Å². The van der Waals surface area contributed by atoms with Gasteiger partial charge in [0.1, 0.15) is 5.75 Å². The molecule has 1 atom stereocenters. The summed E-state index contributed by atoms with van der Waals surface area (Å²) in [5.41, 5.74) is 1.69. The van der Waals surface area contributed by atoms with Gasteiger partial charge in [-0.25, -0.2) is 4.98 Å². The number of carbonyl (C=O) groups excluding carboxylic acids is 2. The highest BCUT2D eigenvalue weighted by atomic mass is 32.1. The SMILES string of the molecule is COc1ccc(N2CC(C(=O)Nc3nc(C)c(C)s3)CC2=O)cc1. The van der Waals surface area contributed by atoms with Crippen molar-refractivity contribution in [1.82, 2.24) is 4.98 Å². The average Bonchev–Trinajstić information content (AvgIpc) is 3.10. The third kappa shape index (κ3) is 3.26. The molecule has 1 fully saturated rings. The molecule has 1 N–H and O–H groups in total. The van der Waals surface area contributed by atoms with Crippen LogP contribution >= 0.6 is 11.3 Å². The summed E-state index contributed by atoms with van der Waals surface area (Å²) in [7, 11) is 1.60. The van der Waals surface area contributed by atoms with E-state index in [1.807, 2.05) is 26.0 Å². The second-order valence-corrected chi connectivity index (χ2v) is 6.96. The van der Waals surface area contributed by atoms with Crippen molar-refractivity contribution in [1.29, 1.82) is 0 Å². The Kier molecular flexibility index (Phi) is 4.53. The number of anilines is 2. The van der Waals surface area contributed by atoms with Crippen LogP contribution in [0.5, 0.6) is 5.75 Å². The molecule has 1 aliphatic rings. The maximum absolute atomic E-state index is 12.4. The van der Waals surface area contributed by atoms with Gasteiger partial charge in [0.2, 0.25) is 11.8 Å². The minimum atomic E-state index is -0.371. The molecule has 2 aromatic rings. The van der Waals surface area contributed by atoms with E-state index < -0.39 is 0 Å². The normalized spacial score (nSPS) is 17.2. The maximum atomic E-state index is 12.4. The Hall–Kier alpha value is -2.41. The topological polar surface area (TPSA) is 71.5 Å². The zero-order valence-corrected chi connectivity index (χ0v) is 14.6. The van der Waals surface area contributed by atoms with E-state index in [1.54, 1.807) is 24.1 Å². The molecule has 1 aliphatic heterocycles. The molecule has 1 aromatic heterocycles. The van der Waals surface area contributed by atoms with Crippen molar-refractivity contribution in [2.24, 2.45) is 5.92 Å². The van der Waals surface area contributed by atoms with Crippen LogP contribution in [0.4, 0.5) is 10.8 Å². The fourth-order valence-electron chi connectivity index (χ4n) is 2.63. The number of nitrogens with one attached hydrogen (secondary N) is 1. The molecule has 1 saturated heterocycles. The van der Waals surface area contributed by atoms with Gasteiger partial charge in [-0.15, -0.1) is 11.3 Å². The van der Waals surface area contributed by atoms with Gasteiger partial charge in [-0.1, -0.05) is 0 Å². The van der Waals surface area contributed by atoms with Gasteiger partial charge in [0.25, 0.3) is 0 Å². The molecular formula is C17H19N3O3S. The minimum absolute atomic E-state index is 0.0492. The quantitative estimate of drug-likeness (QED) is 0.925. The lowest BCUT2D eigenvalue weighted by atomic mass is 10.1. The molecule has 7 heteroatoms. The number of aryl methyl sites for hydroxylation is 2. The molecule has 24 heavy (non-hydrogen) atoms. The molecule has 3 rings (SSSR count). The first-order valence-corrected chi connectivity index (χ1v) is 8.49. The van der Waals surface area contributed by atoms with E-state index in [0.717, 1.165) is 22.0 Å². The largest absolute Gasteiger partial charge is 0.497 e. The van der Waals surface area contributed by atoms with E-state index in [0.29, 0.717) is 11.7 Å². The minimum Gasteiger partial charge on any atom is -0.497 e. The number of carbonyl (C=O) groups is 2. The van der Waals surface area contributed by atoms with Crippen LogP contribution in [0.25, 0.3) is 0 Å². The lowest BCUT2D eigenvalue weighted by Crippen LogP contribution is -2.28. The summed E-state index contributed by atoms with van der Waals surface area (Å²) in [5.74, 6) is 0.151. The lowest BCUT2D eigenvalue weighted by molar-refractivity contribution is -0.122. The molecule has 1 unspecified atom stereocenters. The summed E-state index contributed by atoms with van der Waals surface area (Å²) in [6.45, 7) is 4.25. The van der Waals surface area contributed by atoms with Crippen LogP contribution in [0.15, 0.2) is 24.3 Å². The number of thiazole rings is 1. The van der Waals surface area contributed by atoms with Crippen LogP contribution in [0, 0.1) is 19.8 Å². The van der Waals surface area contributed by atoms with Gasteiger partial charge in [-0.05, 0) is 38.1 Å². The second-order valence-electron chi connectivity index (χ2n) is 5.75. The summed E-state index contributed by atoms with van der Waals surface area (Å²) < 4.78 is 5.12. The van der Waals surface area contributed by atoms with Gasteiger partial charge in [0, 0.05) is 23.5 Å². The van der Waals surface area contributed by atoms with E-state index >= 15 is 0 Å². The molecule has 0 bridgehead atoms. The first-order valence-electron chi connectivity index (χ1n) is 7.67. The molecule has 1 aromatic carbocycles. The summed E-state index contributed by atoms with van der Waals surface area (Å²) in [6, 6.07) is 7.25. The van der Waals surface area contributed by atoms with Gasteiger partial charge in [-0.2, -0.15) is 0 Å². The van der Waals surface area contributed by atoms with Crippen molar-refractivity contribution in [2.45, 2.75) is 20.3 Å². The molecule has 126 valence electrons. The number of hydrogen-bond donors (Lipinski definition) is 1. The summed E-state index contributed by atoms with van der Waals surface area (Å²) in [5, 5.41) is 3.41. The van der Waals surface area contributed by atoms with Crippen molar-refractivity contribution in [2.75, 3.05) is 23.9 Å². The van der Waals surface area contributed by atoms with E-state index in [2.05, 4.69) is 10.3 Å². The van der Waals surface area contributed by atoms with Gasteiger partial charge in [0.05, 0.1) is 18.7 Å². The second kappa shape index (κ2) is 6.60. The lowest BCUT2D eigenvalue weighted by Gasteiger charge is -2.16. The molecule has 0 saturated carbocycles. The zero-order chi connectivity index (χ0) is 17.3. The van der Waals surface area contributed by atoms with Crippen LogP contribution in [0.3, 0.4) is 0 Å². The number of nitrogens with zero attached hydrogens (tertiary/aromatic N) is 2. The van der Waals surface area contributed by atoms with E-state index in [-0.39, 0.29) is 24.2 Å². The van der Waals surface area contributed by atoms with Gasteiger partial charge >= 0.3 is 0 Å². The maximum Gasteiger partial charge on any atom is 0.231 e. The fraction of sp³-hybridized carbons (Fsp3) is 0.353. The van der Waals surface area contributed by atoms with Crippen molar-refractivity contribution in [3.63, 3.8) is 0 Å². The molecule has 0 radical (unpaired) electrons. The highest BCUT2D eigenvalue weighted by Gasteiger charge is 2.35.